The Kier molecular flexibility index (Phi) is 2.94. The predicted molar refractivity (Wildman–Crippen MR) is 63.8 cm³/mol. The monoisotopic (exact) mass is 283 g/mol. The van der Waals surface area contributed by atoms with E-state index in [4.69, 9.17) is 18.9 Å². The lowest BCUT2D eigenvalue weighted by molar-refractivity contribution is -0.162. The molecule has 0 aromatic rings. The molecule has 2 bridgehead atoms. The molecule has 0 saturated carbocycles. The van der Waals surface area contributed by atoms with E-state index >= 15 is 0 Å². The number of carbonyl (C=O) groups excluding carboxylic acids is 2. The summed E-state index contributed by atoms with van der Waals surface area (Å²) in [4.78, 5) is 25.6. The minimum Gasteiger partial charge on any atom is -0.455 e. The molecule has 0 aromatic heterocycles. The van der Waals surface area contributed by atoms with Crippen LogP contribution in [0.2, 0.25) is 0 Å². The zero-order chi connectivity index (χ0) is 13.7. The van der Waals surface area contributed by atoms with E-state index in [0.717, 1.165) is 13.1 Å². The molecule has 0 spiro atoms. The van der Waals surface area contributed by atoms with Gasteiger partial charge >= 0.3 is 11.9 Å². The highest BCUT2D eigenvalue weighted by Crippen LogP contribution is 2.47. The minimum absolute atomic E-state index is 0.154. The number of esters is 2. The van der Waals surface area contributed by atoms with Gasteiger partial charge in [0.25, 0.3) is 0 Å². The van der Waals surface area contributed by atoms with Gasteiger partial charge in [0, 0.05) is 13.1 Å². The standard InChI is InChI=1S/C13H17NO6/c15-9(6-14-1-3-17-4-2-14)19-11-8-5-7-10(18-8)12(11)20-13(7)16/h7-8,10-12H,1-6H2. The van der Waals surface area contributed by atoms with Crippen LogP contribution < -0.4 is 0 Å². The van der Waals surface area contributed by atoms with Crippen LogP contribution in [-0.2, 0) is 28.5 Å². The zero-order valence-electron chi connectivity index (χ0n) is 11.0. The predicted octanol–water partition coefficient (Wildman–Crippen LogP) is -1.06. The van der Waals surface area contributed by atoms with Gasteiger partial charge in [-0.05, 0) is 6.42 Å². The van der Waals surface area contributed by atoms with Crippen molar-refractivity contribution in [2.45, 2.75) is 30.8 Å². The third-order valence-corrected chi connectivity index (χ3v) is 4.51. The van der Waals surface area contributed by atoms with Gasteiger partial charge in [0.15, 0.2) is 12.2 Å². The van der Waals surface area contributed by atoms with Gasteiger partial charge in [-0.3, -0.25) is 14.5 Å². The number of hydrogen-bond acceptors (Lipinski definition) is 7. The number of rotatable bonds is 3. The average molecular weight is 283 g/mol. The fourth-order valence-corrected chi connectivity index (χ4v) is 3.51. The van der Waals surface area contributed by atoms with Gasteiger partial charge in [-0.15, -0.1) is 0 Å². The lowest BCUT2D eigenvalue weighted by Gasteiger charge is -2.27. The summed E-state index contributed by atoms with van der Waals surface area (Å²) in [6.45, 7) is 3.02. The molecule has 20 heavy (non-hydrogen) atoms. The van der Waals surface area contributed by atoms with E-state index in [1.165, 1.54) is 0 Å². The number of fused-ring (bicyclic) bond motifs is 1. The average Bonchev–Trinajstić information content (AvgIpc) is 3.04. The van der Waals surface area contributed by atoms with Crippen LogP contribution in [0.5, 0.6) is 0 Å². The molecule has 0 N–H and O–H groups in total. The molecule has 4 fully saturated rings. The van der Waals surface area contributed by atoms with Gasteiger partial charge in [-0.1, -0.05) is 0 Å². The molecule has 4 aliphatic rings. The molecule has 4 aliphatic heterocycles. The lowest BCUT2D eigenvalue weighted by atomic mass is 9.88. The normalized spacial score (nSPS) is 42.8. The van der Waals surface area contributed by atoms with E-state index < -0.39 is 12.2 Å². The lowest BCUT2D eigenvalue weighted by Crippen LogP contribution is -2.44. The molecule has 0 aliphatic carbocycles. The Morgan fingerprint density at radius 3 is 2.90 bits per heavy atom. The van der Waals surface area contributed by atoms with E-state index in [1.54, 1.807) is 0 Å². The molecule has 5 unspecified atom stereocenters. The van der Waals surface area contributed by atoms with Crippen molar-refractivity contribution in [2.24, 2.45) is 5.92 Å². The quantitative estimate of drug-likeness (QED) is 0.611. The van der Waals surface area contributed by atoms with Gasteiger partial charge in [0.05, 0.1) is 31.8 Å². The van der Waals surface area contributed by atoms with E-state index in [1.807, 2.05) is 4.90 Å². The summed E-state index contributed by atoms with van der Waals surface area (Å²) >= 11 is 0. The van der Waals surface area contributed by atoms with Crippen LogP contribution in [0.1, 0.15) is 6.42 Å². The number of hydrogen-bond donors (Lipinski definition) is 0. The van der Waals surface area contributed by atoms with Crippen molar-refractivity contribution in [3.63, 3.8) is 0 Å². The van der Waals surface area contributed by atoms with E-state index in [9.17, 15) is 9.59 Å². The Hall–Kier alpha value is -1.18. The van der Waals surface area contributed by atoms with Crippen LogP contribution in [0.25, 0.3) is 0 Å². The second kappa shape index (κ2) is 4.68. The van der Waals surface area contributed by atoms with Crippen LogP contribution in [0.3, 0.4) is 0 Å². The molecule has 0 radical (unpaired) electrons. The summed E-state index contributed by atoms with van der Waals surface area (Å²) in [6, 6.07) is 0. The topological polar surface area (TPSA) is 74.3 Å². The number of ether oxygens (including phenoxy) is 4. The summed E-state index contributed by atoms with van der Waals surface area (Å²) in [5.41, 5.74) is 0. The van der Waals surface area contributed by atoms with Crippen molar-refractivity contribution in [3.8, 4) is 0 Å². The SMILES string of the molecule is O=C(CN1CCOCC1)OC1C2CC3C(=O)OC1C3O2. The molecule has 110 valence electrons. The van der Waals surface area contributed by atoms with Crippen molar-refractivity contribution >= 4 is 11.9 Å². The molecule has 4 heterocycles. The highest BCUT2D eigenvalue weighted by Gasteiger charge is 2.65. The first-order valence-corrected chi connectivity index (χ1v) is 7.08. The summed E-state index contributed by atoms with van der Waals surface area (Å²) in [5.74, 6) is -0.652. The maximum absolute atomic E-state index is 12.0. The van der Waals surface area contributed by atoms with Crippen molar-refractivity contribution in [3.05, 3.63) is 0 Å². The van der Waals surface area contributed by atoms with Crippen molar-refractivity contribution in [1.29, 1.82) is 0 Å². The highest BCUT2D eigenvalue weighted by atomic mass is 16.7. The Morgan fingerprint density at radius 1 is 1.30 bits per heavy atom. The third-order valence-electron chi connectivity index (χ3n) is 4.51. The molecule has 7 heteroatoms. The first-order valence-electron chi connectivity index (χ1n) is 7.08. The Balaban J connectivity index is 1.35. The molecule has 0 aromatic carbocycles. The fourth-order valence-electron chi connectivity index (χ4n) is 3.51. The second-order valence-electron chi connectivity index (χ2n) is 5.73. The molecular weight excluding hydrogens is 266 g/mol. The number of carbonyl (C=O) groups is 2. The largest absolute Gasteiger partial charge is 0.455 e. The molecule has 5 atom stereocenters. The van der Waals surface area contributed by atoms with Gasteiger partial charge in [-0.25, -0.2) is 0 Å². The first kappa shape index (κ1) is 12.6. The first-order chi connectivity index (χ1) is 9.72. The van der Waals surface area contributed by atoms with E-state index in [2.05, 4.69) is 0 Å². The maximum atomic E-state index is 12.0. The smallest absolute Gasteiger partial charge is 0.320 e. The summed E-state index contributed by atoms with van der Waals surface area (Å²) < 4.78 is 21.7. The number of morpholine rings is 1. The van der Waals surface area contributed by atoms with Crippen LogP contribution in [-0.4, -0.2) is 74.1 Å². The highest BCUT2D eigenvalue weighted by molar-refractivity contribution is 5.78. The second-order valence-corrected chi connectivity index (χ2v) is 5.73. The van der Waals surface area contributed by atoms with Crippen molar-refractivity contribution in [1.82, 2.24) is 4.90 Å². The molecule has 4 rings (SSSR count). The van der Waals surface area contributed by atoms with Crippen LogP contribution in [0, 0.1) is 5.92 Å². The Labute approximate surface area is 116 Å². The van der Waals surface area contributed by atoms with Crippen LogP contribution in [0.4, 0.5) is 0 Å². The molecule has 4 saturated heterocycles. The van der Waals surface area contributed by atoms with E-state index in [-0.39, 0.29) is 36.6 Å². The van der Waals surface area contributed by atoms with Crippen LogP contribution >= 0.6 is 0 Å². The molecular formula is C13H17NO6. The minimum atomic E-state index is -0.434. The van der Waals surface area contributed by atoms with Gasteiger partial charge in [0.1, 0.15) is 6.10 Å². The third kappa shape index (κ3) is 1.92. The summed E-state index contributed by atoms with van der Waals surface area (Å²) in [7, 11) is 0. The number of nitrogens with zero attached hydrogens (tertiary/aromatic N) is 1. The molecule has 0 amide bonds. The van der Waals surface area contributed by atoms with Gasteiger partial charge in [0.2, 0.25) is 0 Å². The summed E-state index contributed by atoms with van der Waals surface area (Å²) in [5, 5.41) is 0. The van der Waals surface area contributed by atoms with Crippen LogP contribution in [0.15, 0.2) is 0 Å². The fraction of sp³-hybridized carbons (Fsp3) is 0.846. The van der Waals surface area contributed by atoms with Crippen molar-refractivity contribution in [2.75, 3.05) is 32.8 Å². The van der Waals surface area contributed by atoms with Gasteiger partial charge < -0.3 is 18.9 Å². The Morgan fingerprint density at radius 2 is 2.10 bits per heavy atom. The van der Waals surface area contributed by atoms with Crippen molar-refractivity contribution < 1.29 is 28.5 Å². The Bertz CT molecular complexity index is 435. The maximum Gasteiger partial charge on any atom is 0.320 e. The summed E-state index contributed by atoms with van der Waals surface area (Å²) in [6.07, 6.45) is -0.630. The molecule has 7 nitrogen and oxygen atoms in total. The van der Waals surface area contributed by atoms with Gasteiger partial charge in [-0.2, -0.15) is 0 Å². The van der Waals surface area contributed by atoms with E-state index in [0.29, 0.717) is 19.6 Å². The zero-order valence-corrected chi connectivity index (χ0v) is 11.0.